The van der Waals surface area contributed by atoms with Gasteiger partial charge in [-0.15, -0.1) is 0 Å². The van der Waals surface area contributed by atoms with Crippen molar-refractivity contribution in [1.29, 1.82) is 0 Å². The molecule has 3 N–H and O–H groups in total. The van der Waals surface area contributed by atoms with Crippen LogP contribution in [0.25, 0.3) is 0 Å². The van der Waals surface area contributed by atoms with Crippen LogP contribution in [-0.4, -0.2) is 23.5 Å². The third-order valence-electron chi connectivity index (χ3n) is 4.01. The number of benzene rings is 1. The molecule has 2 amide bonds. The Hall–Kier alpha value is -2.80. The molecular formula is C18H20ClN3O4. The van der Waals surface area contributed by atoms with Gasteiger partial charge in [0.25, 0.3) is 11.5 Å². The molecule has 0 saturated heterocycles. The number of hydrogen-bond donors (Lipinski definition) is 2. The van der Waals surface area contributed by atoms with Crippen LogP contribution < -0.4 is 21.3 Å². The highest BCUT2D eigenvalue weighted by Gasteiger charge is 2.17. The van der Waals surface area contributed by atoms with E-state index in [2.05, 4.69) is 5.32 Å². The number of rotatable bonds is 5. The van der Waals surface area contributed by atoms with Gasteiger partial charge >= 0.3 is 0 Å². The minimum absolute atomic E-state index is 0.122. The van der Waals surface area contributed by atoms with Crippen molar-refractivity contribution in [2.45, 2.75) is 27.3 Å². The Kier molecular flexibility index (Phi) is 5.72. The summed E-state index contributed by atoms with van der Waals surface area (Å²) in [5.41, 5.74) is 6.79. The Labute approximate surface area is 155 Å². The lowest BCUT2D eigenvalue weighted by Gasteiger charge is -2.15. The number of nitrogens with one attached hydrogen (secondary N) is 1. The highest BCUT2D eigenvalue weighted by Crippen LogP contribution is 2.30. The number of amides is 2. The first kappa shape index (κ1) is 19.5. The van der Waals surface area contributed by atoms with E-state index < -0.39 is 17.4 Å². The molecule has 1 heterocycles. The molecule has 0 atom stereocenters. The van der Waals surface area contributed by atoms with E-state index in [0.29, 0.717) is 27.7 Å². The van der Waals surface area contributed by atoms with Crippen molar-refractivity contribution >= 4 is 29.1 Å². The Morgan fingerprint density at radius 1 is 1.19 bits per heavy atom. The summed E-state index contributed by atoms with van der Waals surface area (Å²) in [5, 5.41) is 3.21. The van der Waals surface area contributed by atoms with Gasteiger partial charge in [-0.05, 0) is 44.0 Å². The molecule has 0 fully saturated rings. The van der Waals surface area contributed by atoms with E-state index >= 15 is 0 Å². The molecule has 1 aromatic carbocycles. The summed E-state index contributed by atoms with van der Waals surface area (Å²) in [6, 6.07) is 4.92. The minimum atomic E-state index is -0.823. The Morgan fingerprint density at radius 2 is 1.85 bits per heavy atom. The maximum absolute atomic E-state index is 12.5. The van der Waals surface area contributed by atoms with Crippen LogP contribution >= 0.6 is 11.6 Å². The first-order valence-corrected chi connectivity index (χ1v) is 8.18. The third-order valence-corrected chi connectivity index (χ3v) is 4.41. The molecule has 0 saturated carbocycles. The number of aromatic nitrogens is 1. The average Bonchev–Trinajstić information content (AvgIpc) is 2.54. The lowest BCUT2D eigenvalue weighted by molar-refractivity contribution is -0.116. The number of nitrogens with zero attached hydrogens (tertiary/aromatic N) is 1. The van der Waals surface area contributed by atoms with E-state index in [1.165, 1.54) is 11.7 Å². The predicted molar refractivity (Wildman–Crippen MR) is 100 cm³/mol. The summed E-state index contributed by atoms with van der Waals surface area (Å²) < 4.78 is 6.42. The fraction of sp³-hybridized carbons (Fsp3) is 0.278. The number of halogens is 1. The van der Waals surface area contributed by atoms with Crippen molar-refractivity contribution in [1.82, 2.24) is 4.57 Å². The fourth-order valence-corrected chi connectivity index (χ4v) is 2.84. The van der Waals surface area contributed by atoms with Gasteiger partial charge in [-0.3, -0.25) is 14.4 Å². The number of carbonyl (C=O) groups is 2. The molecule has 2 rings (SSSR count). The molecule has 8 heteroatoms. The van der Waals surface area contributed by atoms with Crippen LogP contribution in [0.4, 0.5) is 5.69 Å². The maximum Gasteiger partial charge on any atom is 0.264 e. The summed E-state index contributed by atoms with van der Waals surface area (Å²) in [7, 11) is 1.46. The molecule has 0 bridgehead atoms. The summed E-state index contributed by atoms with van der Waals surface area (Å²) >= 11 is 6.05. The Morgan fingerprint density at radius 3 is 2.42 bits per heavy atom. The van der Waals surface area contributed by atoms with Gasteiger partial charge in [0.2, 0.25) is 5.91 Å². The molecular weight excluding hydrogens is 358 g/mol. The Balaban J connectivity index is 2.35. The van der Waals surface area contributed by atoms with E-state index in [-0.39, 0.29) is 12.1 Å². The van der Waals surface area contributed by atoms with Gasteiger partial charge in [-0.25, -0.2) is 0 Å². The average molecular weight is 378 g/mol. The lowest BCUT2D eigenvalue weighted by atomic mass is 10.1. The topological polar surface area (TPSA) is 103 Å². The molecule has 7 nitrogen and oxygen atoms in total. The SMILES string of the molecule is COc1cc(Cl)c(C)cc1NC(=O)Cn1c(C)cc(C)c(C(N)=O)c1=O. The smallest absolute Gasteiger partial charge is 0.264 e. The van der Waals surface area contributed by atoms with E-state index in [4.69, 9.17) is 22.1 Å². The van der Waals surface area contributed by atoms with Crippen LogP contribution in [0, 0.1) is 20.8 Å². The fourth-order valence-electron chi connectivity index (χ4n) is 2.69. The number of hydrogen-bond acceptors (Lipinski definition) is 4. The van der Waals surface area contributed by atoms with E-state index in [0.717, 1.165) is 5.56 Å². The van der Waals surface area contributed by atoms with Crippen LogP contribution in [0.1, 0.15) is 27.2 Å². The summed E-state index contributed by atoms with van der Waals surface area (Å²) in [6.45, 7) is 4.83. The van der Waals surface area contributed by atoms with Gasteiger partial charge < -0.3 is 20.4 Å². The van der Waals surface area contributed by atoms with Crippen molar-refractivity contribution in [3.8, 4) is 5.75 Å². The zero-order valence-corrected chi connectivity index (χ0v) is 15.7. The van der Waals surface area contributed by atoms with Gasteiger partial charge in [0.05, 0.1) is 12.8 Å². The van der Waals surface area contributed by atoms with E-state index in [9.17, 15) is 14.4 Å². The molecule has 0 aliphatic carbocycles. The summed E-state index contributed by atoms with van der Waals surface area (Å²) in [5.74, 6) is -0.870. The number of nitrogens with two attached hydrogens (primary N) is 1. The first-order valence-electron chi connectivity index (χ1n) is 7.80. The number of anilines is 1. The van der Waals surface area contributed by atoms with Crippen LogP contribution in [-0.2, 0) is 11.3 Å². The quantitative estimate of drug-likeness (QED) is 0.833. The number of ether oxygens (including phenoxy) is 1. The number of carbonyl (C=O) groups excluding carboxylic acids is 2. The third kappa shape index (κ3) is 3.88. The van der Waals surface area contributed by atoms with Crippen molar-refractivity contribution in [2.75, 3.05) is 12.4 Å². The summed E-state index contributed by atoms with van der Waals surface area (Å²) in [4.78, 5) is 36.5. The summed E-state index contributed by atoms with van der Waals surface area (Å²) in [6.07, 6.45) is 0. The second-order valence-corrected chi connectivity index (χ2v) is 6.36. The van der Waals surface area contributed by atoms with Gasteiger partial charge in [0.1, 0.15) is 17.9 Å². The van der Waals surface area contributed by atoms with Crippen molar-refractivity contribution in [3.63, 3.8) is 0 Å². The maximum atomic E-state index is 12.5. The molecule has 26 heavy (non-hydrogen) atoms. The number of primary amides is 1. The van der Waals surface area contributed by atoms with Gasteiger partial charge in [0.15, 0.2) is 0 Å². The van der Waals surface area contributed by atoms with Crippen molar-refractivity contribution < 1.29 is 14.3 Å². The van der Waals surface area contributed by atoms with Crippen molar-refractivity contribution in [2.24, 2.45) is 5.73 Å². The predicted octanol–water partition coefficient (Wildman–Crippen LogP) is 2.17. The number of methoxy groups -OCH3 is 1. The Bertz CT molecular complexity index is 950. The molecule has 138 valence electrons. The number of aryl methyl sites for hydroxylation is 3. The zero-order valence-electron chi connectivity index (χ0n) is 15.0. The zero-order chi connectivity index (χ0) is 19.6. The molecule has 0 aliphatic heterocycles. The first-order chi connectivity index (χ1) is 12.1. The van der Waals surface area contributed by atoms with E-state index in [1.54, 1.807) is 39.0 Å². The highest BCUT2D eigenvalue weighted by molar-refractivity contribution is 6.31. The van der Waals surface area contributed by atoms with Crippen molar-refractivity contribution in [3.05, 3.63) is 56.0 Å². The van der Waals surface area contributed by atoms with Gasteiger partial charge in [-0.1, -0.05) is 11.6 Å². The van der Waals surface area contributed by atoms with Gasteiger partial charge in [0, 0.05) is 16.8 Å². The molecule has 2 aromatic rings. The van der Waals surface area contributed by atoms with Gasteiger partial charge in [-0.2, -0.15) is 0 Å². The lowest BCUT2D eigenvalue weighted by Crippen LogP contribution is -2.35. The second kappa shape index (κ2) is 7.61. The number of pyridine rings is 1. The molecule has 0 spiro atoms. The van der Waals surface area contributed by atoms with E-state index in [1.807, 2.05) is 0 Å². The van der Waals surface area contributed by atoms with Crippen LogP contribution in [0.5, 0.6) is 5.75 Å². The van der Waals surface area contributed by atoms with Crippen LogP contribution in [0.2, 0.25) is 5.02 Å². The molecule has 0 unspecified atom stereocenters. The highest BCUT2D eigenvalue weighted by atomic mass is 35.5. The largest absolute Gasteiger partial charge is 0.495 e. The minimum Gasteiger partial charge on any atom is -0.495 e. The van der Waals surface area contributed by atoms with Crippen LogP contribution in [0.3, 0.4) is 0 Å². The molecule has 0 radical (unpaired) electrons. The standard InChI is InChI=1S/C18H20ClN3O4/c1-9-6-13(14(26-4)7-12(9)19)21-15(23)8-22-11(3)5-10(2)16(17(20)24)18(22)25/h5-7H,8H2,1-4H3,(H2,20,24)(H,21,23). The normalized spacial score (nSPS) is 10.5. The van der Waals surface area contributed by atoms with Crippen LogP contribution in [0.15, 0.2) is 23.0 Å². The monoisotopic (exact) mass is 377 g/mol. The molecule has 0 aliphatic rings. The second-order valence-electron chi connectivity index (χ2n) is 5.95. The molecule has 1 aromatic heterocycles.